The molecule has 2 aliphatic rings. The number of fused-ring (bicyclic) bond motifs is 2. The molecule has 2 bridgehead atoms. The van der Waals surface area contributed by atoms with Gasteiger partial charge in [-0.25, -0.2) is 0 Å². The second kappa shape index (κ2) is 3.79. The number of halogens is 3. The Labute approximate surface area is 91.5 Å². The maximum atomic E-state index is 12.8. The van der Waals surface area contributed by atoms with Gasteiger partial charge >= 0.3 is 12.1 Å². The maximum Gasteiger partial charge on any atom is 0.392 e. The van der Waals surface area contributed by atoms with Crippen molar-refractivity contribution in [3.05, 3.63) is 12.2 Å². The Hall–Kier alpha value is -1.00. The van der Waals surface area contributed by atoms with Crippen LogP contribution in [0.5, 0.6) is 0 Å². The van der Waals surface area contributed by atoms with Gasteiger partial charge in [0.15, 0.2) is 0 Å². The highest BCUT2D eigenvalue weighted by Gasteiger charge is 2.57. The summed E-state index contributed by atoms with van der Waals surface area (Å²) in [4.78, 5) is 10.6. The zero-order valence-electron chi connectivity index (χ0n) is 8.83. The summed E-state index contributed by atoms with van der Waals surface area (Å²) in [6, 6.07) is 0. The number of alkyl halides is 3. The van der Waals surface area contributed by atoms with Crippen molar-refractivity contribution in [2.45, 2.75) is 19.5 Å². The Kier molecular flexibility index (Phi) is 2.72. The van der Waals surface area contributed by atoms with Crippen molar-refractivity contribution in [2.75, 3.05) is 6.61 Å². The summed E-state index contributed by atoms with van der Waals surface area (Å²) in [6.45, 7) is 1.09. The van der Waals surface area contributed by atoms with Crippen LogP contribution in [0.15, 0.2) is 12.2 Å². The van der Waals surface area contributed by atoms with Crippen molar-refractivity contribution in [2.24, 2.45) is 23.7 Å². The van der Waals surface area contributed by atoms with Crippen molar-refractivity contribution < 1.29 is 22.7 Å². The second-order valence-corrected chi connectivity index (χ2v) is 4.48. The van der Waals surface area contributed by atoms with Crippen LogP contribution >= 0.6 is 0 Å². The highest BCUT2D eigenvalue weighted by Crippen LogP contribution is 2.54. The third-order valence-corrected chi connectivity index (χ3v) is 3.48. The predicted octanol–water partition coefficient (Wildman–Crippen LogP) is 2.55. The van der Waals surface area contributed by atoms with E-state index in [2.05, 4.69) is 0 Å². The van der Waals surface area contributed by atoms with E-state index < -0.39 is 29.9 Å². The lowest BCUT2D eigenvalue weighted by atomic mass is 9.83. The van der Waals surface area contributed by atoms with Crippen molar-refractivity contribution in [1.29, 1.82) is 0 Å². The number of carbonyl (C=O) groups excluding carboxylic acids is 1. The van der Waals surface area contributed by atoms with Crippen molar-refractivity contribution >= 4 is 5.97 Å². The average Bonchev–Trinajstić information content (AvgIpc) is 2.71. The third kappa shape index (κ3) is 1.95. The maximum absolute atomic E-state index is 12.8. The van der Waals surface area contributed by atoms with E-state index in [1.165, 1.54) is 6.92 Å². The minimum atomic E-state index is -4.20. The first-order chi connectivity index (χ1) is 7.39. The van der Waals surface area contributed by atoms with E-state index in [-0.39, 0.29) is 12.5 Å². The van der Waals surface area contributed by atoms with Gasteiger partial charge in [0, 0.05) is 12.8 Å². The number of hydrogen-bond acceptors (Lipinski definition) is 2. The molecule has 1 saturated carbocycles. The Morgan fingerprint density at radius 1 is 1.38 bits per heavy atom. The highest BCUT2D eigenvalue weighted by atomic mass is 19.4. The van der Waals surface area contributed by atoms with Crippen LogP contribution in [0, 0.1) is 23.7 Å². The summed E-state index contributed by atoms with van der Waals surface area (Å²) < 4.78 is 43.2. The van der Waals surface area contributed by atoms with Gasteiger partial charge in [-0.05, 0) is 18.3 Å². The van der Waals surface area contributed by atoms with E-state index in [0.29, 0.717) is 6.42 Å². The largest absolute Gasteiger partial charge is 0.466 e. The Morgan fingerprint density at radius 3 is 2.56 bits per heavy atom. The van der Waals surface area contributed by atoms with Crippen molar-refractivity contribution in [3.63, 3.8) is 0 Å². The summed E-state index contributed by atoms with van der Waals surface area (Å²) >= 11 is 0. The summed E-state index contributed by atoms with van der Waals surface area (Å²) in [5, 5.41) is 0. The topological polar surface area (TPSA) is 26.3 Å². The van der Waals surface area contributed by atoms with Gasteiger partial charge in [0.2, 0.25) is 0 Å². The molecule has 0 aromatic heterocycles. The van der Waals surface area contributed by atoms with Crippen molar-refractivity contribution in [1.82, 2.24) is 0 Å². The molecule has 0 aliphatic heterocycles. The van der Waals surface area contributed by atoms with Gasteiger partial charge in [-0.15, -0.1) is 0 Å². The molecule has 1 fully saturated rings. The minimum Gasteiger partial charge on any atom is -0.466 e. The van der Waals surface area contributed by atoms with Crippen LogP contribution in [0.3, 0.4) is 0 Å². The van der Waals surface area contributed by atoms with Crippen LogP contribution in [-0.2, 0) is 9.53 Å². The fourth-order valence-corrected chi connectivity index (χ4v) is 2.85. The van der Waals surface area contributed by atoms with Crippen molar-refractivity contribution in [3.8, 4) is 0 Å². The molecule has 2 nitrogen and oxygen atoms in total. The monoisotopic (exact) mass is 234 g/mol. The summed E-state index contributed by atoms with van der Waals surface area (Å²) in [6.07, 6.45) is -0.195. The molecule has 0 heterocycles. The lowest BCUT2D eigenvalue weighted by molar-refractivity contribution is -0.198. The van der Waals surface area contributed by atoms with Gasteiger partial charge in [-0.3, -0.25) is 4.79 Å². The highest BCUT2D eigenvalue weighted by molar-refractivity contribution is 5.65. The number of ether oxygens (including phenoxy) is 1. The van der Waals surface area contributed by atoms with Gasteiger partial charge in [0.25, 0.3) is 0 Å². The first kappa shape index (κ1) is 11.5. The van der Waals surface area contributed by atoms with E-state index in [1.807, 2.05) is 6.08 Å². The number of carbonyl (C=O) groups is 1. The molecule has 90 valence electrons. The van der Waals surface area contributed by atoms with Gasteiger partial charge in [-0.1, -0.05) is 12.2 Å². The molecule has 0 saturated heterocycles. The van der Waals surface area contributed by atoms with Crippen LogP contribution in [0.25, 0.3) is 0 Å². The molecule has 4 atom stereocenters. The molecule has 0 spiro atoms. The number of hydrogen-bond donors (Lipinski definition) is 0. The van der Waals surface area contributed by atoms with E-state index in [9.17, 15) is 18.0 Å². The number of esters is 1. The van der Waals surface area contributed by atoms with Crippen LogP contribution < -0.4 is 0 Å². The standard InChI is InChI=1S/C11H13F3O2/c1-6(15)16-5-9-7-2-3-8(4-7)10(9)11(12,13)14/h2-3,7-10H,4-5H2,1H3. The molecule has 0 aromatic rings. The average molecular weight is 234 g/mol. The summed E-state index contributed by atoms with van der Waals surface area (Å²) in [5.41, 5.74) is 0. The Balaban J connectivity index is 2.10. The predicted molar refractivity (Wildman–Crippen MR) is 50.4 cm³/mol. The fraction of sp³-hybridized carbons (Fsp3) is 0.727. The number of rotatable bonds is 2. The Bertz CT molecular complexity index is 322. The molecule has 0 radical (unpaired) electrons. The van der Waals surface area contributed by atoms with Crippen LogP contribution in [-0.4, -0.2) is 18.8 Å². The molecule has 5 heteroatoms. The van der Waals surface area contributed by atoms with Gasteiger partial charge in [0.1, 0.15) is 0 Å². The molecule has 16 heavy (non-hydrogen) atoms. The zero-order valence-corrected chi connectivity index (χ0v) is 8.83. The van der Waals surface area contributed by atoms with Crippen LogP contribution in [0.2, 0.25) is 0 Å². The van der Waals surface area contributed by atoms with Gasteiger partial charge < -0.3 is 4.74 Å². The molecule has 0 amide bonds. The summed E-state index contributed by atoms with van der Waals surface area (Å²) in [5.74, 6) is -2.98. The molecule has 2 rings (SSSR count). The third-order valence-electron chi connectivity index (χ3n) is 3.48. The lowest BCUT2D eigenvalue weighted by Crippen LogP contribution is -2.36. The smallest absolute Gasteiger partial charge is 0.392 e. The number of allylic oxidation sites excluding steroid dienone is 2. The quantitative estimate of drug-likeness (QED) is 0.542. The van der Waals surface area contributed by atoms with Crippen LogP contribution in [0.1, 0.15) is 13.3 Å². The molecular weight excluding hydrogens is 221 g/mol. The van der Waals surface area contributed by atoms with E-state index in [1.54, 1.807) is 6.08 Å². The summed E-state index contributed by atoms with van der Waals surface area (Å²) in [7, 11) is 0. The van der Waals surface area contributed by atoms with Crippen LogP contribution in [0.4, 0.5) is 13.2 Å². The molecule has 0 aromatic carbocycles. The molecule has 4 unspecified atom stereocenters. The van der Waals surface area contributed by atoms with E-state index in [4.69, 9.17) is 4.74 Å². The molecule has 0 N–H and O–H groups in total. The van der Waals surface area contributed by atoms with Gasteiger partial charge in [0.05, 0.1) is 12.5 Å². The second-order valence-electron chi connectivity index (χ2n) is 4.48. The molecule has 2 aliphatic carbocycles. The fourth-order valence-electron chi connectivity index (χ4n) is 2.85. The lowest BCUT2D eigenvalue weighted by Gasteiger charge is -2.29. The first-order valence-corrected chi connectivity index (χ1v) is 5.28. The molecular formula is C11H13F3O2. The van der Waals surface area contributed by atoms with Gasteiger partial charge in [-0.2, -0.15) is 13.2 Å². The zero-order chi connectivity index (χ0) is 11.9. The van der Waals surface area contributed by atoms with E-state index >= 15 is 0 Å². The minimum absolute atomic E-state index is 0.0871. The normalized spacial score (nSPS) is 36.8. The Morgan fingerprint density at radius 2 is 2.00 bits per heavy atom. The first-order valence-electron chi connectivity index (χ1n) is 5.28. The van der Waals surface area contributed by atoms with E-state index in [0.717, 1.165) is 0 Å². The SMILES string of the molecule is CC(=O)OCC1C2C=CC(C2)C1C(F)(F)F.